The van der Waals surface area contributed by atoms with E-state index in [4.69, 9.17) is 0 Å². The van der Waals surface area contributed by atoms with E-state index in [1.807, 2.05) is 0 Å². The Kier molecular flexibility index (Phi) is 2.59. The second kappa shape index (κ2) is 5.28. The normalized spacial score (nSPS) is 63.2. The fourth-order valence-electron chi connectivity index (χ4n) is 19.5. The molecule has 0 radical (unpaired) electrons. The minimum absolute atomic E-state index is 0.565. The van der Waals surface area contributed by atoms with Gasteiger partial charge in [0, 0.05) is 0 Å². The topological polar surface area (TPSA) is 0 Å². The summed E-state index contributed by atoms with van der Waals surface area (Å²) in [7, 11) is -2.36. The standard InChI is InChI=1S/C38H34Si/c1-4-10-16(11-5-1)39(17-12-6-2-7-13-17,18-14-8-3-9-15-18)38-35-29-23-20-19-21-25(23)31(35)33-27(21)28-22(19)26-24(20)30(29)36(38)32(26)34(28)37(33)38/h1-15,19-37H. The van der Waals surface area contributed by atoms with Crippen LogP contribution in [0.25, 0.3) is 0 Å². The minimum atomic E-state index is -2.36. The Morgan fingerprint density at radius 1 is 0.308 bits per heavy atom. The van der Waals surface area contributed by atoms with Crippen LogP contribution in [0.5, 0.6) is 0 Å². The highest BCUT2D eigenvalue weighted by molar-refractivity contribution is 7.13. The molecule has 0 aromatic heterocycles. The van der Waals surface area contributed by atoms with E-state index in [0.717, 1.165) is 53.3 Å². The maximum atomic E-state index is 2.63. The zero-order valence-corrected chi connectivity index (χ0v) is 23.1. The molecular weight excluding hydrogens is 485 g/mol. The lowest BCUT2D eigenvalue weighted by molar-refractivity contribution is 0.198. The zero-order chi connectivity index (χ0) is 24.3. The Morgan fingerprint density at radius 2 is 0.538 bits per heavy atom. The lowest BCUT2D eigenvalue weighted by Gasteiger charge is -2.54. The van der Waals surface area contributed by atoms with Crippen molar-refractivity contribution in [1.82, 2.24) is 0 Å². The molecule has 12 atom stereocenters. The van der Waals surface area contributed by atoms with Gasteiger partial charge in [-0.3, -0.25) is 0 Å². The molecule has 39 heavy (non-hydrogen) atoms. The summed E-state index contributed by atoms with van der Waals surface area (Å²) in [5, 5.41) is 5.85. The molecule has 12 fully saturated rings. The van der Waals surface area contributed by atoms with Crippen LogP contribution in [-0.4, -0.2) is 8.07 Å². The van der Waals surface area contributed by atoms with Crippen LogP contribution >= 0.6 is 0 Å². The van der Waals surface area contributed by atoms with Gasteiger partial charge in [-0.1, -0.05) is 91.0 Å². The molecule has 0 saturated heterocycles. The fraction of sp³-hybridized carbons (Fsp3) is 0.526. The predicted octanol–water partition coefficient (Wildman–Crippen LogP) is 4.75. The Hall–Kier alpha value is -2.12. The Balaban J connectivity index is 1.20. The van der Waals surface area contributed by atoms with Crippen molar-refractivity contribution in [2.75, 3.05) is 0 Å². The quantitative estimate of drug-likeness (QED) is 0.345. The summed E-state index contributed by atoms with van der Waals surface area (Å²) in [6, 6.07) is 37.1. The summed E-state index contributed by atoms with van der Waals surface area (Å²) in [6.45, 7) is 0. The highest BCUT2D eigenvalue weighted by Gasteiger charge is 3.03. The van der Waals surface area contributed by atoms with Gasteiger partial charge in [-0.25, -0.2) is 0 Å². The third-order valence-electron chi connectivity index (χ3n) is 17.7. The molecule has 3 aromatic rings. The van der Waals surface area contributed by atoms with Crippen LogP contribution in [0.15, 0.2) is 91.0 Å². The van der Waals surface area contributed by atoms with Gasteiger partial charge in [-0.15, -0.1) is 0 Å². The molecule has 0 nitrogen and oxygen atoms in total. The Labute approximate surface area is 231 Å². The number of rotatable bonds is 4. The number of benzene rings is 3. The summed E-state index contributed by atoms with van der Waals surface area (Å²) in [6.07, 6.45) is 0. The summed E-state index contributed by atoms with van der Waals surface area (Å²) in [5.41, 5.74) is 0. The molecular formula is C38H34Si. The first-order chi connectivity index (χ1) is 19.4. The molecule has 0 N–H and O–H groups in total. The van der Waals surface area contributed by atoms with Crippen LogP contribution < -0.4 is 15.6 Å². The van der Waals surface area contributed by atoms with E-state index in [2.05, 4.69) is 91.0 Å². The molecule has 12 saturated carbocycles. The molecule has 0 bridgehead atoms. The molecule has 0 spiro atoms. The van der Waals surface area contributed by atoms with Crippen LogP contribution in [0, 0.1) is 112 Å². The molecule has 0 aliphatic heterocycles. The largest absolute Gasteiger partial charge is 0.155 e. The molecule has 190 valence electrons. The molecule has 0 amide bonds. The van der Waals surface area contributed by atoms with Gasteiger partial charge in [0.15, 0.2) is 8.07 Å². The van der Waals surface area contributed by atoms with Gasteiger partial charge < -0.3 is 0 Å². The fourth-order valence-corrected chi connectivity index (χ4v) is 26.8. The van der Waals surface area contributed by atoms with Crippen molar-refractivity contribution in [3.63, 3.8) is 0 Å². The average Bonchev–Trinajstić information content (AvgIpc) is 3.78. The van der Waals surface area contributed by atoms with Gasteiger partial charge in [0.25, 0.3) is 0 Å². The molecule has 15 rings (SSSR count). The van der Waals surface area contributed by atoms with Gasteiger partial charge in [0.2, 0.25) is 0 Å². The summed E-state index contributed by atoms with van der Waals surface area (Å²) >= 11 is 0. The van der Waals surface area contributed by atoms with E-state index in [0.29, 0.717) is 5.04 Å². The van der Waals surface area contributed by atoms with Crippen molar-refractivity contribution in [1.29, 1.82) is 0 Å². The van der Waals surface area contributed by atoms with E-state index >= 15 is 0 Å². The van der Waals surface area contributed by atoms with Gasteiger partial charge in [0.1, 0.15) is 0 Å². The van der Waals surface area contributed by atoms with E-state index in [1.165, 1.54) is 59.2 Å². The molecule has 12 aliphatic rings. The Bertz CT molecular complexity index is 1420. The van der Waals surface area contributed by atoms with Crippen LogP contribution in [0.2, 0.25) is 5.04 Å². The van der Waals surface area contributed by atoms with Crippen molar-refractivity contribution in [3.05, 3.63) is 91.0 Å². The van der Waals surface area contributed by atoms with Crippen LogP contribution in [0.3, 0.4) is 0 Å². The van der Waals surface area contributed by atoms with Crippen molar-refractivity contribution in [2.45, 2.75) is 5.04 Å². The monoisotopic (exact) mass is 518 g/mol. The van der Waals surface area contributed by atoms with Gasteiger partial charge in [-0.2, -0.15) is 0 Å². The third kappa shape index (κ3) is 1.35. The first kappa shape index (κ1) is 19.1. The molecule has 12 aliphatic carbocycles. The zero-order valence-electron chi connectivity index (χ0n) is 22.1. The van der Waals surface area contributed by atoms with E-state index < -0.39 is 8.07 Å². The lowest BCUT2D eigenvalue weighted by atomic mass is 9.77. The summed E-state index contributed by atoms with van der Waals surface area (Å²) < 4.78 is 0. The Morgan fingerprint density at radius 3 is 0.795 bits per heavy atom. The average molecular weight is 519 g/mol. The van der Waals surface area contributed by atoms with Crippen LogP contribution in [-0.2, 0) is 0 Å². The van der Waals surface area contributed by atoms with E-state index in [-0.39, 0.29) is 0 Å². The third-order valence-corrected chi connectivity index (χ3v) is 23.6. The van der Waals surface area contributed by atoms with Gasteiger partial charge in [0.05, 0.1) is 0 Å². The molecule has 12 unspecified atom stereocenters. The van der Waals surface area contributed by atoms with Gasteiger partial charge in [-0.05, 0) is 133 Å². The van der Waals surface area contributed by atoms with Crippen molar-refractivity contribution in [2.24, 2.45) is 112 Å². The summed E-state index contributed by atoms with van der Waals surface area (Å²) in [4.78, 5) is 0. The maximum Gasteiger partial charge on any atom is 0.155 e. The van der Waals surface area contributed by atoms with Gasteiger partial charge >= 0.3 is 0 Å². The van der Waals surface area contributed by atoms with Crippen molar-refractivity contribution < 1.29 is 0 Å². The van der Waals surface area contributed by atoms with E-state index in [9.17, 15) is 0 Å². The highest BCUT2D eigenvalue weighted by atomic mass is 28.3. The second-order valence-corrected chi connectivity index (χ2v) is 20.7. The van der Waals surface area contributed by atoms with Crippen molar-refractivity contribution in [3.8, 4) is 0 Å². The van der Waals surface area contributed by atoms with Crippen LogP contribution in [0.4, 0.5) is 0 Å². The number of hydrogen-bond donors (Lipinski definition) is 0. The van der Waals surface area contributed by atoms with E-state index in [1.54, 1.807) is 15.6 Å². The lowest BCUT2D eigenvalue weighted by Crippen LogP contribution is -2.76. The highest BCUT2D eigenvalue weighted by Crippen LogP contribution is 3.06. The molecule has 3 aromatic carbocycles. The molecule has 1 heteroatoms. The minimum Gasteiger partial charge on any atom is -0.0624 e. The first-order valence-electron chi connectivity index (χ1n) is 16.6. The second-order valence-electron chi connectivity index (χ2n) is 16.6. The summed E-state index contributed by atoms with van der Waals surface area (Å²) in [5.74, 6) is 21.7. The molecule has 0 heterocycles. The van der Waals surface area contributed by atoms with Crippen molar-refractivity contribution >= 4 is 23.6 Å². The number of hydrogen-bond acceptors (Lipinski definition) is 0. The first-order valence-corrected chi connectivity index (χ1v) is 18.6. The van der Waals surface area contributed by atoms with Crippen LogP contribution in [0.1, 0.15) is 0 Å². The maximum absolute atomic E-state index is 2.63. The predicted molar refractivity (Wildman–Crippen MR) is 153 cm³/mol. The SMILES string of the molecule is c1ccc([Si](c2ccccc2)(c2ccccc2)C23C4C5C6C7C8C9C6C4C4C9C6C8C8C7C5C2C8C6C43)cc1. The smallest absolute Gasteiger partial charge is 0.0624 e.